The molecule has 8 heteroatoms. The van der Waals surface area contributed by atoms with E-state index in [2.05, 4.69) is 15.3 Å². The zero-order valence-corrected chi connectivity index (χ0v) is 16.4. The van der Waals surface area contributed by atoms with Crippen molar-refractivity contribution in [2.45, 2.75) is 19.4 Å². The number of aromatic amines is 1. The van der Waals surface area contributed by atoms with Crippen LogP contribution in [0.3, 0.4) is 0 Å². The van der Waals surface area contributed by atoms with Gasteiger partial charge in [-0.15, -0.1) is 24.8 Å². The summed E-state index contributed by atoms with van der Waals surface area (Å²) in [6.07, 6.45) is 0.537. The number of rotatable bonds is 6. The zero-order chi connectivity index (χ0) is 17.8. The summed E-state index contributed by atoms with van der Waals surface area (Å²) in [7, 11) is 0. The monoisotopic (exact) mass is 412 g/mol. The molecule has 0 radical (unpaired) electrons. The molecule has 0 saturated carbocycles. The number of aromatic nitrogens is 2. The molecule has 1 amide bonds. The Hall–Kier alpha value is -2.15. The van der Waals surface area contributed by atoms with Gasteiger partial charge in [0.2, 0.25) is 5.91 Å². The Labute approximate surface area is 169 Å². The van der Waals surface area contributed by atoms with Crippen LogP contribution in [0, 0.1) is 11.7 Å². The number of nitrogens with zero attached hydrogens (tertiary/aromatic N) is 1. The molecule has 1 heterocycles. The average molecular weight is 413 g/mol. The molecule has 0 aliphatic heterocycles. The van der Waals surface area contributed by atoms with Crippen LogP contribution in [0.4, 0.5) is 4.39 Å². The molecule has 0 saturated heterocycles. The van der Waals surface area contributed by atoms with Gasteiger partial charge < -0.3 is 16.0 Å². The van der Waals surface area contributed by atoms with E-state index < -0.39 is 0 Å². The van der Waals surface area contributed by atoms with Crippen LogP contribution in [0.25, 0.3) is 11.0 Å². The van der Waals surface area contributed by atoms with Crippen molar-refractivity contribution in [1.82, 2.24) is 15.3 Å². The average Bonchev–Trinajstić information content (AvgIpc) is 3.02. The number of carbonyl (C=O) groups excluding carboxylic acids is 1. The second-order valence-corrected chi connectivity index (χ2v) is 6.11. The predicted octanol–water partition coefficient (Wildman–Crippen LogP) is 3.54. The molecular weight excluding hydrogens is 390 g/mol. The van der Waals surface area contributed by atoms with Crippen molar-refractivity contribution in [3.05, 3.63) is 65.7 Å². The number of nitrogens with one attached hydrogen (secondary N) is 2. The first-order chi connectivity index (χ1) is 12.0. The molecule has 146 valence electrons. The molecule has 3 aromatic rings. The lowest BCUT2D eigenvalue weighted by molar-refractivity contribution is -0.125. The molecule has 2 aromatic carbocycles. The third-order valence-electron chi connectivity index (χ3n) is 4.29. The summed E-state index contributed by atoms with van der Waals surface area (Å²) in [4.78, 5) is 19.7. The van der Waals surface area contributed by atoms with Gasteiger partial charge in [0.05, 0.1) is 17.0 Å². The summed E-state index contributed by atoms with van der Waals surface area (Å²) in [6, 6.07) is 13.6. The van der Waals surface area contributed by atoms with Crippen LogP contribution in [0.5, 0.6) is 0 Å². The summed E-state index contributed by atoms with van der Waals surface area (Å²) in [6.45, 7) is 2.25. The van der Waals surface area contributed by atoms with Crippen molar-refractivity contribution in [2.24, 2.45) is 11.7 Å². The van der Waals surface area contributed by atoms with Crippen molar-refractivity contribution in [1.29, 1.82) is 0 Å². The fraction of sp³-hybridized carbons (Fsp3) is 0.263. The normalized spacial score (nSPS) is 12.6. The van der Waals surface area contributed by atoms with E-state index in [9.17, 15) is 9.18 Å². The number of fused-ring (bicyclic) bond motifs is 1. The van der Waals surface area contributed by atoms with Crippen molar-refractivity contribution < 1.29 is 9.18 Å². The van der Waals surface area contributed by atoms with E-state index in [1.807, 2.05) is 37.3 Å². The first-order valence-corrected chi connectivity index (χ1v) is 8.27. The molecule has 5 nitrogen and oxygen atoms in total. The molecule has 27 heavy (non-hydrogen) atoms. The van der Waals surface area contributed by atoms with E-state index in [0.717, 1.165) is 5.56 Å². The van der Waals surface area contributed by atoms with Gasteiger partial charge in [0.1, 0.15) is 11.6 Å². The van der Waals surface area contributed by atoms with Crippen molar-refractivity contribution in [3.8, 4) is 0 Å². The molecule has 0 aliphatic rings. The van der Waals surface area contributed by atoms with E-state index in [1.165, 1.54) is 12.1 Å². The highest BCUT2D eigenvalue weighted by atomic mass is 35.5. The second kappa shape index (κ2) is 10.3. The van der Waals surface area contributed by atoms with Gasteiger partial charge >= 0.3 is 0 Å². The predicted molar refractivity (Wildman–Crippen MR) is 110 cm³/mol. The molecule has 0 aliphatic carbocycles. The molecule has 3 rings (SSSR count). The van der Waals surface area contributed by atoms with Crippen LogP contribution >= 0.6 is 24.8 Å². The number of benzene rings is 2. The minimum atomic E-state index is -0.352. The third kappa shape index (κ3) is 5.66. The highest BCUT2D eigenvalue weighted by molar-refractivity contribution is 5.85. The maximum atomic E-state index is 13.2. The van der Waals surface area contributed by atoms with Crippen molar-refractivity contribution in [3.63, 3.8) is 0 Å². The Morgan fingerprint density at radius 3 is 2.63 bits per heavy atom. The molecule has 4 N–H and O–H groups in total. The quantitative estimate of drug-likeness (QED) is 0.578. The summed E-state index contributed by atoms with van der Waals surface area (Å²) in [5.74, 6) is -0.0358. The number of H-pyrrole nitrogens is 1. The number of hydrogen-bond donors (Lipinski definition) is 3. The van der Waals surface area contributed by atoms with Crippen molar-refractivity contribution in [2.75, 3.05) is 6.54 Å². The van der Waals surface area contributed by atoms with Gasteiger partial charge in [-0.1, -0.05) is 37.3 Å². The third-order valence-corrected chi connectivity index (χ3v) is 4.29. The minimum absolute atomic E-state index is 0. The number of imidazole rings is 1. The Morgan fingerprint density at radius 1 is 1.22 bits per heavy atom. The standard InChI is InChI=1S/C19H21FN4O.2ClH/c1-12(18(21)13-5-3-2-4-6-13)19(25)22-10-9-17-23-15-8-7-14(20)11-16(15)24-17;;/h2-8,11-12,18H,9-10,21H2,1H3,(H,22,25)(H,23,24);2*1H. The van der Waals surface area contributed by atoms with Gasteiger partial charge in [-0.3, -0.25) is 4.79 Å². The van der Waals surface area contributed by atoms with Gasteiger partial charge in [0.25, 0.3) is 0 Å². The van der Waals surface area contributed by atoms with Gasteiger partial charge in [0, 0.05) is 19.0 Å². The second-order valence-electron chi connectivity index (χ2n) is 6.11. The van der Waals surface area contributed by atoms with Crippen LogP contribution in [-0.2, 0) is 11.2 Å². The maximum absolute atomic E-state index is 13.2. The van der Waals surface area contributed by atoms with Crippen LogP contribution in [0.15, 0.2) is 48.5 Å². The highest BCUT2D eigenvalue weighted by Gasteiger charge is 2.21. The molecule has 0 bridgehead atoms. The lowest BCUT2D eigenvalue weighted by Crippen LogP contribution is -2.36. The van der Waals surface area contributed by atoms with E-state index in [-0.39, 0.29) is 48.5 Å². The number of nitrogens with two attached hydrogens (primary N) is 1. The summed E-state index contributed by atoms with van der Waals surface area (Å²) < 4.78 is 13.2. The first kappa shape index (κ1) is 22.9. The minimum Gasteiger partial charge on any atom is -0.355 e. The Balaban J connectivity index is 0.00000182. The Bertz CT molecular complexity index is 873. The fourth-order valence-electron chi connectivity index (χ4n) is 2.75. The summed E-state index contributed by atoms with van der Waals surface area (Å²) >= 11 is 0. The van der Waals surface area contributed by atoms with Crippen LogP contribution in [-0.4, -0.2) is 22.4 Å². The number of hydrogen-bond acceptors (Lipinski definition) is 3. The lowest BCUT2D eigenvalue weighted by Gasteiger charge is -2.19. The Morgan fingerprint density at radius 2 is 1.93 bits per heavy atom. The van der Waals surface area contributed by atoms with Crippen LogP contribution in [0.1, 0.15) is 24.4 Å². The van der Waals surface area contributed by atoms with E-state index in [0.29, 0.717) is 29.8 Å². The summed E-state index contributed by atoms with van der Waals surface area (Å²) in [5.41, 5.74) is 8.47. The largest absolute Gasteiger partial charge is 0.355 e. The van der Waals surface area contributed by atoms with Gasteiger partial charge in [-0.05, 0) is 23.8 Å². The van der Waals surface area contributed by atoms with E-state index in [4.69, 9.17) is 5.73 Å². The van der Waals surface area contributed by atoms with Crippen molar-refractivity contribution >= 4 is 41.8 Å². The SMILES string of the molecule is CC(C(=O)NCCc1nc2ccc(F)cc2[nH]1)C(N)c1ccccc1.Cl.Cl. The molecule has 2 atom stereocenters. The Kier molecular flexibility index (Phi) is 8.69. The fourth-order valence-corrected chi connectivity index (χ4v) is 2.75. The van der Waals surface area contributed by atoms with Crippen LogP contribution in [0.2, 0.25) is 0 Å². The topological polar surface area (TPSA) is 83.8 Å². The smallest absolute Gasteiger partial charge is 0.224 e. The molecular formula is C19H23Cl2FN4O. The first-order valence-electron chi connectivity index (χ1n) is 8.27. The van der Waals surface area contributed by atoms with E-state index in [1.54, 1.807) is 6.07 Å². The van der Waals surface area contributed by atoms with E-state index >= 15 is 0 Å². The molecule has 2 unspecified atom stereocenters. The number of halogens is 3. The zero-order valence-electron chi connectivity index (χ0n) is 14.8. The lowest BCUT2D eigenvalue weighted by atomic mass is 9.95. The maximum Gasteiger partial charge on any atom is 0.224 e. The van der Waals surface area contributed by atoms with Gasteiger partial charge in [0.15, 0.2) is 0 Å². The van der Waals surface area contributed by atoms with Gasteiger partial charge in [-0.25, -0.2) is 9.37 Å². The molecule has 0 spiro atoms. The number of amides is 1. The molecule has 1 aromatic heterocycles. The highest BCUT2D eigenvalue weighted by Crippen LogP contribution is 2.19. The molecule has 0 fully saturated rings. The number of carbonyl (C=O) groups is 1. The summed E-state index contributed by atoms with van der Waals surface area (Å²) in [5, 5.41) is 2.88. The van der Waals surface area contributed by atoms with Crippen LogP contribution < -0.4 is 11.1 Å². The van der Waals surface area contributed by atoms with Gasteiger partial charge in [-0.2, -0.15) is 0 Å².